The van der Waals surface area contributed by atoms with E-state index in [-0.39, 0.29) is 5.91 Å². The molecule has 0 saturated heterocycles. The minimum Gasteiger partial charge on any atom is -0.369 e. The van der Waals surface area contributed by atoms with Crippen molar-refractivity contribution in [2.24, 2.45) is 5.92 Å². The normalized spacial score (nSPS) is 19.2. The molecule has 2 N–H and O–H groups in total. The highest BCUT2D eigenvalue weighted by atomic mass is 32.1. The van der Waals surface area contributed by atoms with Crippen molar-refractivity contribution in [3.8, 4) is 11.1 Å². The lowest BCUT2D eigenvalue weighted by molar-refractivity contribution is -0.122. The first-order valence-electron chi connectivity index (χ1n) is 10.5. The number of rotatable bonds is 6. The lowest BCUT2D eigenvalue weighted by atomic mass is 9.86. The Morgan fingerprint density at radius 2 is 1.97 bits per heavy atom. The molecule has 2 atom stereocenters. The van der Waals surface area contributed by atoms with Crippen LogP contribution in [0.5, 0.6) is 0 Å². The maximum atomic E-state index is 12.4. The Hall–Kier alpha value is -2.47. The van der Waals surface area contributed by atoms with E-state index in [9.17, 15) is 4.79 Å². The Labute approximate surface area is 176 Å². The maximum Gasteiger partial charge on any atom is 0.221 e. The number of nitrogens with one attached hydrogen (secondary N) is 2. The number of carbonyl (C=O) groups is 1. The van der Waals surface area contributed by atoms with E-state index in [1.807, 2.05) is 18.2 Å². The van der Waals surface area contributed by atoms with Crippen LogP contribution in [0.4, 0.5) is 5.82 Å². The highest BCUT2D eigenvalue weighted by Gasteiger charge is 2.22. The van der Waals surface area contributed by atoms with Crippen LogP contribution < -0.4 is 10.6 Å². The molecule has 1 amide bonds. The molecule has 1 aliphatic rings. The number of benzene rings is 1. The quantitative estimate of drug-likeness (QED) is 0.591. The summed E-state index contributed by atoms with van der Waals surface area (Å²) in [5.74, 6) is 1.49. The monoisotopic (exact) mass is 408 g/mol. The maximum absolute atomic E-state index is 12.4. The van der Waals surface area contributed by atoms with Gasteiger partial charge in [0, 0.05) is 29.4 Å². The van der Waals surface area contributed by atoms with Crippen LogP contribution in [0.25, 0.3) is 21.3 Å². The SMILES string of the molecule is Cc1sc2ncnc(NCCC(=O)NC3CCCCC3C)c2c1-c1ccccc1. The molecule has 0 bridgehead atoms. The zero-order valence-electron chi connectivity index (χ0n) is 17.1. The first-order valence-corrected chi connectivity index (χ1v) is 11.3. The predicted molar refractivity (Wildman–Crippen MR) is 120 cm³/mol. The summed E-state index contributed by atoms with van der Waals surface area (Å²) >= 11 is 1.68. The Morgan fingerprint density at radius 3 is 2.76 bits per heavy atom. The van der Waals surface area contributed by atoms with E-state index >= 15 is 0 Å². The highest BCUT2D eigenvalue weighted by Crippen LogP contribution is 2.40. The minimum atomic E-state index is 0.117. The number of anilines is 1. The summed E-state index contributed by atoms with van der Waals surface area (Å²) in [7, 11) is 0. The molecule has 1 aliphatic carbocycles. The van der Waals surface area contributed by atoms with Crippen LogP contribution in [-0.2, 0) is 4.79 Å². The van der Waals surface area contributed by atoms with Crippen molar-refractivity contribution in [3.63, 3.8) is 0 Å². The number of fused-ring (bicyclic) bond motifs is 1. The summed E-state index contributed by atoms with van der Waals surface area (Å²) in [5.41, 5.74) is 2.34. The van der Waals surface area contributed by atoms with Crippen LogP contribution in [-0.4, -0.2) is 28.5 Å². The van der Waals surface area contributed by atoms with Gasteiger partial charge < -0.3 is 10.6 Å². The third-order valence-electron chi connectivity index (χ3n) is 5.83. The molecule has 152 valence electrons. The zero-order valence-corrected chi connectivity index (χ0v) is 17.9. The first-order chi connectivity index (χ1) is 14.1. The summed E-state index contributed by atoms with van der Waals surface area (Å²) in [5, 5.41) is 7.65. The third kappa shape index (κ3) is 4.42. The van der Waals surface area contributed by atoms with E-state index in [1.54, 1.807) is 17.7 Å². The number of hydrogen-bond donors (Lipinski definition) is 2. The van der Waals surface area contributed by atoms with Crippen molar-refractivity contribution < 1.29 is 4.79 Å². The lowest BCUT2D eigenvalue weighted by Crippen LogP contribution is -2.41. The van der Waals surface area contributed by atoms with Crippen LogP contribution in [0.2, 0.25) is 0 Å². The van der Waals surface area contributed by atoms with Gasteiger partial charge in [0.2, 0.25) is 5.91 Å². The Balaban J connectivity index is 1.46. The minimum absolute atomic E-state index is 0.117. The van der Waals surface area contributed by atoms with Crippen molar-refractivity contribution in [2.75, 3.05) is 11.9 Å². The topological polar surface area (TPSA) is 66.9 Å². The molecule has 3 aromatic rings. The van der Waals surface area contributed by atoms with Gasteiger partial charge in [-0.1, -0.05) is 50.1 Å². The fraction of sp³-hybridized carbons (Fsp3) is 0.435. The third-order valence-corrected chi connectivity index (χ3v) is 6.84. The van der Waals surface area contributed by atoms with Gasteiger partial charge in [0.15, 0.2) is 0 Å². The fourth-order valence-electron chi connectivity index (χ4n) is 4.23. The summed E-state index contributed by atoms with van der Waals surface area (Å²) in [6, 6.07) is 10.7. The standard InChI is InChI=1S/C23H28N4OS/c1-15-8-6-7-11-18(15)27-19(28)12-13-24-22-21-20(17-9-4-3-5-10-17)16(2)29-23(21)26-14-25-22/h3-5,9-10,14-15,18H,6-8,11-13H2,1-2H3,(H,27,28)(H,24,25,26). The lowest BCUT2D eigenvalue weighted by Gasteiger charge is -2.29. The molecule has 1 fully saturated rings. The highest BCUT2D eigenvalue weighted by molar-refractivity contribution is 7.19. The molecule has 29 heavy (non-hydrogen) atoms. The summed E-state index contributed by atoms with van der Waals surface area (Å²) in [4.78, 5) is 23.6. The van der Waals surface area contributed by atoms with Crippen LogP contribution >= 0.6 is 11.3 Å². The number of amides is 1. The average molecular weight is 409 g/mol. The van der Waals surface area contributed by atoms with Gasteiger partial charge >= 0.3 is 0 Å². The van der Waals surface area contributed by atoms with Crippen LogP contribution in [0.1, 0.15) is 43.9 Å². The first kappa shape index (κ1) is 19.8. The zero-order chi connectivity index (χ0) is 20.2. The Morgan fingerprint density at radius 1 is 1.17 bits per heavy atom. The van der Waals surface area contributed by atoms with E-state index in [1.165, 1.54) is 29.7 Å². The number of nitrogens with zero attached hydrogens (tertiary/aromatic N) is 2. The molecule has 0 radical (unpaired) electrons. The van der Waals surface area contributed by atoms with Crippen LogP contribution in [0, 0.1) is 12.8 Å². The largest absolute Gasteiger partial charge is 0.369 e. The molecule has 5 nitrogen and oxygen atoms in total. The number of aromatic nitrogens is 2. The molecule has 1 saturated carbocycles. The molecule has 0 spiro atoms. The summed E-state index contributed by atoms with van der Waals surface area (Å²) < 4.78 is 0. The molecule has 6 heteroatoms. The number of hydrogen-bond acceptors (Lipinski definition) is 5. The van der Waals surface area contributed by atoms with Crippen molar-refractivity contribution in [1.82, 2.24) is 15.3 Å². The smallest absolute Gasteiger partial charge is 0.221 e. The molecular weight excluding hydrogens is 380 g/mol. The summed E-state index contributed by atoms with van der Waals surface area (Å²) in [6.45, 7) is 4.92. The van der Waals surface area contributed by atoms with E-state index in [4.69, 9.17) is 0 Å². The van der Waals surface area contributed by atoms with Gasteiger partial charge in [-0.25, -0.2) is 9.97 Å². The van der Waals surface area contributed by atoms with Crippen molar-refractivity contribution >= 4 is 33.3 Å². The van der Waals surface area contributed by atoms with Gasteiger partial charge in [-0.3, -0.25) is 4.79 Å². The van der Waals surface area contributed by atoms with Gasteiger partial charge in [0.05, 0.1) is 5.39 Å². The Kier molecular flexibility index (Phi) is 6.09. The molecule has 2 unspecified atom stereocenters. The molecule has 4 rings (SSSR count). The van der Waals surface area contributed by atoms with E-state index in [0.29, 0.717) is 24.9 Å². The molecule has 2 aromatic heterocycles. The van der Waals surface area contributed by atoms with Gasteiger partial charge in [0.25, 0.3) is 0 Å². The second-order valence-corrected chi connectivity index (χ2v) is 9.12. The second kappa shape index (κ2) is 8.91. The molecule has 2 heterocycles. The fourth-order valence-corrected chi connectivity index (χ4v) is 5.25. The van der Waals surface area contributed by atoms with Gasteiger partial charge in [-0.05, 0) is 31.2 Å². The molecular formula is C23H28N4OS. The molecule has 0 aliphatic heterocycles. The van der Waals surface area contributed by atoms with Gasteiger partial charge in [-0.15, -0.1) is 11.3 Å². The van der Waals surface area contributed by atoms with E-state index < -0.39 is 0 Å². The second-order valence-electron chi connectivity index (χ2n) is 7.91. The van der Waals surface area contributed by atoms with E-state index in [2.05, 4.69) is 46.6 Å². The predicted octanol–water partition coefficient (Wildman–Crippen LogP) is 5.16. The van der Waals surface area contributed by atoms with Gasteiger partial charge in [0.1, 0.15) is 17.0 Å². The average Bonchev–Trinajstić information content (AvgIpc) is 3.07. The van der Waals surface area contributed by atoms with Crippen LogP contribution in [0.15, 0.2) is 36.7 Å². The van der Waals surface area contributed by atoms with Crippen molar-refractivity contribution in [1.29, 1.82) is 0 Å². The molecule has 1 aromatic carbocycles. The summed E-state index contributed by atoms with van der Waals surface area (Å²) in [6.07, 6.45) is 6.84. The number of aryl methyl sites for hydroxylation is 1. The number of carbonyl (C=O) groups excluding carboxylic acids is 1. The Bertz CT molecular complexity index is 985. The van der Waals surface area contributed by atoms with E-state index in [0.717, 1.165) is 28.0 Å². The van der Waals surface area contributed by atoms with Crippen LogP contribution in [0.3, 0.4) is 0 Å². The van der Waals surface area contributed by atoms with Crippen molar-refractivity contribution in [2.45, 2.75) is 52.0 Å². The van der Waals surface area contributed by atoms with Gasteiger partial charge in [-0.2, -0.15) is 0 Å². The number of thiophene rings is 1. The van der Waals surface area contributed by atoms with Crippen molar-refractivity contribution in [3.05, 3.63) is 41.5 Å².